The van der Waals surface area contributed by atoms with Gasteiger partial charge in [-0.15, -0.1) is 0 Å². The molecule has 20 heavy (non-hydrogen) atoms. The third-order valence-corrected chi connectivity index (χ3v) is 4.67. The van der Waals surface area contributed by atoms with Crippen molar-refractivity contribution in [3.63, 3.8) is 0 Å². The minimum Gasteiger partial charge on any atom is -0.270 e. The summed E-state index contributed by atoms with van der Waals surface area (Å²) >= 11 is 0. The van der Waals surface area contributed by atoms with Crippen molar-refractivity contribution in [2.24, 2.45) is 0 Å². The first kappa shape index (κ1) is 15.0. The van der Waals surface area contributed by atoms with Crippen LogP contribution in [0.3, 0.4) is 0 Å². The van der Waals surface area contributed by atoms with Gasteiger partial charge < -0.3 is 0 Å². The zero-order chi connectivity index (χ0) is 14.7. The Hall–Kier alpha value is -1.42. The van der Waals surface area contributed by atoms with E-state index in [4.69, 9.17) is 0 Å². The van der Waals surface area contributed by atoms with Crippen molar-refractivity contribution in [1.82, 2.24) is 9.78 Å². The van der Waals surface area contributed by atoms with E-state index >= 15 is 0 Å². The van der Waals surface area contributed by atoms with Gasteiger partial charge in [0.1, 0.15) is 0 Å². The molecule has 2 aromatic rings. The fourth-order valence-corrected chi connectivity index (χ4v) is 3.17. The molecular weight excluding hydrogens is 268 g/mol. The lowest BCUT2D eigenvalue weighted by Crippen LogP contribution is -2.04. The number of rotatable bonds is 5. The van der Waals surface area contributed by atoms with Crippen LogP contribution in [-0.2, 0) is 22.3 Å². The number of aryl methyl sites for hydroxylation is 2. The third kappa shape index (κ3) is 3.79. The standard InChI is InChI=1S/C16H22N2OS/c1-12(2)18-8-7-16(17-18)11-20(19)10-15-6-5-13(3)14(4)9-15/h5-9,12H,10-11H2,1-4H3/t20-/m0/s1. The highest BCUT2D eigenvalue weighted by Crippen LogP contribution is 2.13. The van der Waals surface area contributed by atoms with Crippen LogP contribution in [0.1, 0.15) is 42.3 Å². The summed E-state index contributed by atoms with van der Waals surface area (Å²) in [5.74, 6) is 1.11. The van der Waals surface area contributed by atoms with Gasteiger partial charge in [0.25, 0.3) is 0 Å². The molecule has 0 aliphatic heterocycles. The van der Waals surface area contributed by atoms with E-state index < -0.39 is 10.8 Å². The molecule has 0 bridgehead atoms. The minimum atomic E-state index is -0.913. The molecule has 0 saturated heterocycles. The van der Waals surface area contributed by atoms with E-state index in [-0.39, 0.29) is 0 Å². The molecule has 0 amide bonds. The van der Waals surface area contributed by atoms with E-state index in [0.29, 0.717) is 17.5 Å². The predicted molar refractivity (Wildman–Crippen MR) is 84.1 cm³/mol. The van der Waals surface area contributed by atoms with E-state index in [1.165, 1.54) is 11.1 Å². The molecule has 1 heterocycles. The first-order chi connectivity index (χ1) is 9.45. The molecular formula is C16H22N2OS. The van der Waals surface area contributed by atoms with Gasteiger partial charge >= 0.3 is 0 Å². The fraction of sp³-hybridized carbons (Fsp3) is 0.438. The number of nitrogens with zero attached hydrogens (tertiary/aromatic N) is 2. The Kier molecular flexibility index (Phi) is 4.76. The monoisotopic (exact) mass is 290 g/mol. The molecule has 3 nitrogen and oxygen atoms in total. The van der Waals surface area contributed by atoms with Crippen LogP contribution < -0.4 is 0 Å². The highest BCUT2D eigenvalue weighted by molar-refractivity contribution is 7.83. The summed E-state index contributed by atoms with van der Waals surface area (Å²) in [6.45, 7) is 8.35. The molecule has 1 atom stereocenters. The van der Waals surface area contributed by atoms with E-state index in [1.54, 1.807) is 0 Å². The van der Waals surface area contributed by atoms with Crippen molar-refractivity contribution in [3.8, 4) is 0 Å². The summed E-state index contributed by atoms with van der Waals surface area (Å²) in [5.41, 5.74) is 4.56. The zero-order valence-electron chi connectivity index (χ0n) is 12.6. The number of hydrogen-bond acceptors (Lipinski definition) is 2. The van der Waals surface area contributed by atoms with Crippen LogP contribution in [0.25, 0.3) is 0 Å². The number of aromatic nitrogens is 2. The zero-order valence-corrected chi connectivity index (χ0v) is 13.4. The molecule has 4 heteroatoms. The molecule has 1 aromatic carbocycles. The number of benzene rings is 1. The van der Waals surface area contributed by atoms with E-state index in [9.17, 15) is 4.21 Å². The largest absolute Gasteiger partial charge is 0.270 e. The van der Waals surface area contributed by atoms with Gasteiger partial charge in [-0.2, -0.15) is 5.10 Å². The smallest absolute Gasteiger partial charge is 0.0749 e. The van der Waals surface area contributed by atoms with Crippen LogP contribution in [0, 0.1) is 13.8 Å². The van der Waals surface area contributed by atoms with Crippen molar-refractivity contribution in [2.45, 2.75) is 45.2 Å². The SMILES string of the molecule is Cc1ccc(C[S@](=O)Cc2ccn(C(C)C)n2)cc1C. The molecule has 0 saturated carbocycles. The van der Waals surface area contributed by atoms with Crippen molar-refractivity contribution < 1.29 is 4.21 Å². The van der Waals surface area contributed by atoms with Crippen molar-refractivity contribution in [3.05, 3.63) is 52.8 Å². The molecule has 0 aliphatic carbocycles. The molecule has 0 spiro atoms. The van der Waals surface area contributed by atoms with Crippen LogP contribution in [-0.4, -0.2) is 14.0 Å². The molecule has 0 fully saturated rings. The highest BCUT2D eigenvalue weighted by Gasteiger charge is 2.08. The Morgan fingerprint density at radius 1 is 1.15 bits per heavy atom. The van der Waals surface area contributed by atoms with Gasteiger partial charge in [-0.3, -0.25) is 8.89 Å². The maximum atomic E-state index is 12.2. The molecule has 0 N–H and O–H groups in total. The van der Waals surface area contributed by atoms with Gasteiger partial charge in [0.05, 0.1) is 11.4 Å². The summed E-state index contributed by atoms with van der Waals surface area (Å²) in [6.07, 6.45) is 1.95. The molecule has 1 aromatic heterocycles. The van der Waals surface area contributed by atoms with Crippen LogP contribution in [0.2, 0.25) is 0 Å². The Morgan fingerprint density at radius 3 is 2.50 bits per heavy atom. The topological polar surface area (TPSA) is 34.9 Å². The lowest BCUT2D eigenvalue weighted by Gasteiger charge is -2.06. The maximum Gasteiger partial charge on any atom is 0.0749 e. The summed E-state index contributed by atoms with van der Waals surface area (Å²) < 4.78 is 14.1. The van der Waals surface area contributed by atoms with E-state index in [1.807, 2.05) is 16.9 Å². The van der Waals surface area contributed by atoms with Gasteiger partial charge in [-0.05, 0) is 50.5 Å². The molecule has 0 radical (unpaired) electrons. The highest BCUT2D eigenvalue weighted by atomic mass is 32.2. The van der Waals surface area contributed by atoms with Crippen molar-refractivity contribution in [1.29, 1.82) is 0 Å². The maximum absolute atomic E-state index is 12.2. The number of hydrogen-bond donors (Lipinski definition) is 0. The van der Waals surface area contributed by atoms with Crippen molar-refractivity contribution >= 4 is 10.8 Å². The summed E-state index contributed by atoms with van der Waals surface area (Å²) in [5, 5.41) is 4.45. The quantitative estimate of drug-likeness (QED) is 0.844. The fourth-order valence-electron chi connectivity index (χ4n) is 2.04. The second kappa shape index (κ2) is 6.35. The molecule has 0 unspecified atom stereocenters. The summed E-state index contributed by atoms with van der Waals surface area (Å²) in [7, 11) is -0.913. The Morgan fingerprint density at radius 2 is 1.90 bits per heavy atom. The first-order valence-corrected chi connectivity index (χ1v) is 8.39. The van der Waals surface area contributed by atoms with E-state index in [2.05, 4.69) is 51.0 Å². The Labute approximate surface area is 123 Å². The van der Waals surface area contributed by atoms with Crippen molar-refractivity contribution in [2.75, 3.05) is 0 Å². The molecule has 0 aliphatic rings. The van der Waals surface area contributed by atoms with Crippen LogP contribution in [0.15, 0.2) is 30.5 Å². The van der Waals surface area contributed by atoms with Gasteiger partial charge in [0.15, 0.2) is 0 Å². The summed E-state index contributed by atoms with van der Waals surface area (Å²) in [4.78, 5) is 0. The first-order valence-electron chi connectivity index (χ1n) is 6.91. The second-order valence-electron chi connectivity index (χ2n) is 5.53. The minimum absolute atomic E-state index is 0.344. The third-order valence-electron chi connectivity index (χ3n) is 3.40. The normalized spacial score (nSPS) is 12.8. The lowest BCUT2D eigenvalue weighted by molar-refractivity contribution is 0.528. The van der Waals surface area contributed by atoms with Gasteiger partial charge in [0.2, 0.25) is 0 Å². The average Bonchev–Trinajstić information content (AvgIpc) is 2.82. The lowest BCUT2D eigenvalue weighted by atomic mass is 10.1. The second-order valence-corrected chi connectivity index (χ2v) is 6.98. The van der Waals surface area contributed by atoms with Crippen LogP contribution in [0.5, 0.6) is 0 Å². The van der Waals surface area contributed by atoms with Crippen LogP contribution >= 0.6 is 0 Å². The molecule has 108 valence electrons. The van der Waals surface area contributed by atoms with Gasteiger partial charge in [-0.25, -0.2) is 0 Å². The predicted octanol–water partition coefficient (Wildman–Crippen LogP) is 3.53. The van der Waals surface area contributed by atoms with Gasteiger partial charge in [0, 0.05) is 28.8 Å². The van der Waals surface area contributed by atoms with E-state index in [0.717, 1.165) is 11.3 Å². The Bertz CT molecular complexity index is 617. The van der Waals surface area contributed by atoms with Crippen LogP contribution in [0.4, 0.5) is 0 Å². The average molecular weight is 290 g/mol. The van der Waals surface area contributed by atoms with Gasteiger partial charge in [-0.1, -0.05) is 18.2 Å². The molecule has 2 rings (SSSR count). The Balaban J connectivity index is 1.99. The summed E-state index contributed by atoms with van der Waals surface area (Å²) in [6, 6.07) is 8.58.